The molecule has 4 amide bonds. The Morgan fingerprint density at radius 1 is 1.06 bits per heavy atom. The molecule has 0 spiro atoms. The number of primary amides is 1. The highest BCUT2D eigenvalue weighted by molar-refractivity contribution is 6.05. The van der Waals surface area contributed by atoms with Crippen molar-refractivity contribution in [2.75, 3.05) is 39.3 Å². The summed E-state index contributed by atoms with van der Waals surface area (Å²) in [6, 6.07) is 10.5. The van der Waals surface area contributed by atoms with Gasteiger partial charge in [0.25, 0.3) is 0 Å². The van der Waals surface area contributed by atoms with Crippen molar-refractivity contribution in [3.05, 3.63) is 35.9 Å². The Labute approximate surface area is 205 Å². The smallest absolute Gasteiger partial charge is 0.242 e. The molecule has 1 aliphatic carbocycles. The molecule has 1 aliphatic heterocycles. The molecule has 0 bridgehead atoms. The summed E-state index contributed by atoms with van der Waals surface area (Å²) in [5.74, 6) is -1.65. The van der Waals surface area contributed by atoms with Crippen molar-refractivity contribution in [3.8, 4) is 6.07 Å². The first-order chi connectivity index (χ1) is 16.9. The zero-order valence-electron chi connectivity index (χ0n) is 20.0. The highest BCUT2D eigenvalue weighted by Crippen LogP contribution is 2.38. The molecular weight excluding hydrogens is 448 g/mol. The molecule has 1 heterocycles. The monoisotopic (exact) mass is 482 g/mol. The van der Waals surface area contributed by atoms with Gasteiger partial charge in [-0.1, -0.05) is 43.2 Å². The van der Waals surface area contributed by atoms with Crippen LogP contribution in [-0.4, -0.2) is 78.7 Å². The quantitative estimate of drug-likeness (QED) is 0.314. The molecule has 10 nitrogen and oxygen atoms in total. The zero-order valence-corrected chi connectivity index (χ0v) is 20.0. The summed E-state index contributed by atoms with van der Waals surface area (Å²) in [6.07, 6.45) is 2.62. The molecule has 2 aliphatic rings. The third kappa shape index (κ3) is 6.79. The molecule has 4 N–H and O–H groups in total. The Morgan fingerprint density at radius 3 is 2.31 bits per heavy atom. The van der Waals surface area contributed by atoms with Crippen LogP contribution >= 0.6 is 0 Å². The summed E-state index contributed by atoms with van der Waals surface area (Å²) in [5, 5.41) is 14.3. The zero-order chi connectivity index (χ0) is 25.3. The maximum atomic E-state index is 13.1. The average Bonchev–Trinajstić information content (AvgIpc) is 3.36. The van der Waals surface area contributed by atoms with Crippen LogP contribution in [0.25, 0.3) is 0 Å². The van der Waals surface area contributed by atoms with Gasteiger partial charge in [0.2, 0.25) is 23.6 Å². The van der Waals surface area contributed by atoms with E-state index in [4.69, 9.17) is 11.0 Å². The van der Waals surface area contributed by atoms with E-state index in [0.29, 0.717) is 45.6 Å². The van der Waals surface area contributed by atoms with E-state index in [9.17, 15) is 19.2 Å². The van der Waals surface area contributed by atoms with Crippen LogP contribution in [0.2, 0.25) is 0 Å². The molecule has 1 saturated heterocycles. The molecule has 1 aromatic carbocycles. The van der Waals surface area contributed by atoms with Gasteiger partial charge >= 0.3 is 0 Å². The van der Waals surface area contributed by atoms with Gasteiger partial charge in [-0.2, -0.15) is 5.26 Å². The van der Waals surface area contributed by atoms with Gasteiger partial charge in [-0.3, -0.25) is 24.1 Å². The van der Waals surface area contributed by atoms with E-state index in [-0.39, 0.29) is 25.3 Å². The number of nitrogens with zero attached hydrogens (tertiary/aromatic N) is 3. The minimum atomic E-state index is -1.28. The van der Waals surface area contributed by atoms with E-state index in [0.717, 1.165) is 18.4 Å². The lowest BCUT2D eigenvalue weighted by Gasteiger charge is -2.33. The largest absolute Gasteiger partial charge is 0.369 e. The molecule has 188 valence electrons. The minimum absolute atomic E-state index is 0.0656. The molecule has 0 radical (unpaired) electrons. The number of hydrogen-bond acceptors (Lipinski definition) is 6. The van der Waals surface area contributed by atoms with Crippen molar-refractivity contribution < 1.29 is 19.2 Å². The first kappa shape index (κ1) is 26.2. The summed E-state index contributed by atoms with van der Waals surface area (Å²) in [5.41, 5.74) is 5.17. The normalized spacial score (nSPS) is 18.3. The summed E-state index contributed by atoms with van der Waals surface area (Å²) >= 11 is 0. The fourth-order valence-electron chi connectivity index (χ4n) is 4.75. The van der Waals surface area contributed by atoms with Crippen LogP contribution in [0.3, 0.4) is 0 Å². The third-order valence-corrected chi connectivity index (χ3v) is 6.93. The Hall–Kier alpha value is -3.45. The van der Waals surface area contributed by atoms with Crippen LogP contribution in [0.15, 0.2) is 30.3 Å². The Balaban J connectivity index is 1.57. The van der Waals surface area contributed by atoms with Crippen LogP contribution in [-0.2, 0) is 25.6 Å². The fourth-order valence-corrected chi connectivity index (χ4v) is 4.75. The van der Waals surface area contributed by atoms with E-state index in [1.165, 1.54) is 0 Å². The predicted molar refractivity (Wildman–Crippen MR) is 128 cm³/mol. The number of nitriles is 1. The van der Waals surface area contributed by atoms with Gasteiger partial charge in [0, 0.05) is 45.6 Å². The van der Waals surface area contributed by atoms with E-state index < -0.39 is 29.2 Å². The molecule has 0 unspecified atom stereocenters. The maximum Gasteiger partial charge on any atom is 0.242 e. The van der Waals surface area contributed by atoms with Gasteiger partial charge < -0.3 is 21.3 Å². The summed E-state index contributed by atoms with van der Waals surface area (Å²) in [4.78, 5) is 54.5. The number of amides is 4. The summed E-state index contributed by atoms with van der Waals surface area (Å²) in [6.45, 7) is 2.89. The third-order valence-electron chi connectivity index (χ3n) is 6.93. The standard InChI is InChI=1S/C25H34N6O4/c26-11-13-30-14-16-31(17-15-30)21(32)8-12-28-22(33)20(18-19-6-2-1-3-7-19)29-24(35)25(23(27)34)9-4-5-10-25/h1-3,6-7,20H,4-5,8-10,12-18H2,(H2,27,34)(H,28,33)(H,29,35)/t20-/m1/s1. The molecule has 1 saturated carbocycles. The highest BCUT2D eigenvalue weighted by Gasteiger charge is 2.47. The topological polar surface area (TPSA) is 149 Å². The van der Waals surface area contributed by atoms with Gasteiger partial charge in [-0.25, -0.2) is 0 Å². The lowest BCUT2D eigenvalue weighted by Crippen LogP contribution is -2.55. The number of carbonyl (C=O) groups is 4. The Bertz CT molecular complexity index is 946. The molecule has 1 atom stereocenters. The number of benzene rings is 1. The van der Waals surface area contributed by atoms with Crippen molar-refractivity contribution >= 4 is 23.6 Å². The Morgan fingerprint density at radius 2 is 1.71 bits per heavy atom. The van der Waals surface area contributed by atoms with Crippen molar-refractivity contribution in [1.29, 1.82) is 5.26 Å². The molecule has 2 fully saturated rings. The van der Waals surface area contributed by atoms with Crippen LogP contribution in [0, 0.1) is 16.7 Å². The molecular formula is C25H34N6O4. The number of nitrogens with two attached hydrogens (primary N) is 1. The number of hydrogen-bond donors (Lipinski definition) is 3. The molecule has 35 heavy (non-hydrogen) atoms. The minimum Gasteiger partial charge on any atom is -0.369 e. The molecule has 1 aromatic rings. The molecule has 3 rings (SSSR count). The average molecular weight is 483 g/mol. The summed E-state index contributed by atoms with van der Waals surface area (Å²) < 4.78 is 0. The Kier molecular flexibility index (Phi) is 9.20. The van der Waals surface area contributed by atoms with Crippen molar-refractivity contribution in [2.45, 2.75) is 44.6 Å². The number of nitrogens with one attached hydrogen (secondary N) is 2. The van der Waals surface area contributed by atoms with Crippen molar-refractivity contribution in [3.63, 3.8) is 0 Å². The van der Waals surface area contributed by atoms with Crippen LogP contribution in [0.5, 0.6) is 0 Å². The second-order valence-corrected chi connectivity index (χ2v) is 9.23. The second-order valence-electron chi connectivity index (χ2n) is 9.23. The van der Waals surface area contributed by atoms with Crippen molar-refractivity contribution in [1.82, 2.24) is 20.4 Å². The van der Waals surface area contributed by atoms with Gasteiger partial charge in [-0.15, -0.1) is 0 Å². The van der Waals surface area contributed by atoms with Crippen LogP contribution < -0.4 is 16.4 Å². The lowest BCUT2D eigenvalue weighted by atomic mass is 9.84. The fraction of sp³-hybridized carbons (Fsp3) is 0.560. The van der Waals surface area contributed by atoms with E-state index in [1.54, 1.807) is 4.90 Å². The van der Waals surface area contributed by atoms with E-state index in [1.807, 2.05) is 35.2 Å². The molecule has 0 aromatic heterocycles. The SMILES string of the molecule is N#CCN1CCN(C(=O)CCNC(=O)[C@@H](Cc2ccccc2)NC(=O)C2(C(N)=O)CCCC2)CC1. The number of piperazine rings is 1. The van der Waals surface area contributed by atoms with Gasteiger partial charge in [0.1, 0.15) is 11.5 Å². The van der Waals surface area contributed by atoms with E-state index >= 15 is 0 Å². The van der Waals surface area contributed by atoms with Crippen LogP contribution in [0.1, 0.15) is 37.7 Å². The first-order valence-electron chi connectivity index (χ1n) is 12.2. The second kappa shape index (κ2) is 12.3. The van der Waals surface area contributed by atoms with Crippen LogP contribution in [0.4, 0.5) is 0 Å². The van der Waals surface area contributed by atoms with Gasteiger partial charge in [0.15, 0.2) is 0 Å². The van der Waals surface area contributed by atoms with E-state index in [2.05, 4.69) is 16.7 Å². The van der Waals surface area contributed by atoms with Crippen molar-refractivity contribution in [2.24, 2.45) is 11.1 Å². The lowest BCUT2D eigenvalue weighted by molar-refractivity contribution is -0.143. The molecule has 10 heteroatoms. The highest BCUT2D eigenvalue weighted by atomic mass is 16.2. The number of rotatable bonds is 10. The summed E-state index contributed by atoms with van der Waals surface area (Å²) in [7, 11) is 0. The number of carbonyl (C=O) groups excluding carboxylic acids is 4. The first-order valence-corrected chi connectivity index (χ1v) is 12.2. The van der Waals surface area contributed by atoms with Gasteiger partial charge in [0.05, 0.1) is 12.6 Å². The predicted octanol–water partition coefficient (Wildman–Crippen LogP) is -0.0663. The van der Waals surface area contributed by atoms with Gasteiger partial charge in [-0.05, 0) is 18.4 Å². The maximum absolute atomic E-state index is 13.1.